The highest BCUT2D eigenvalue weighted by atomic mass is 32.2. The lowest BCUT2D eigenvalue weighted by molar-refractivity contribution is -0.118. The molecule has 0 bridgehead atoms. The SMILES string of the molecule is CCN(CC(N)=O)S(=O)(=O)c1cnc(C)[nH]1. The molecular weight excluding hydrogens is 232 g/mol. The van der Waals surface area contributed by atoms with Crippen molar-refractivity contribution in [2.75, 3.05) is 13.1 Å². The summed E-state index contributed by atoms with van der Waals surface area (Å²) in [5.74, 6) is -0.199. The maximum atomic E-state index is 12.0. The van der Waals surface area contributed by atoms with Crippen molar-refractivity contribution in [2.45, 2.75) is 18.9 Å². The number of amides is 1. The van der Waals surface area contributed by atoms with Gasteiger partial charge in [0.1, 0.15) is 5.82 Å². The lowest BCUT2D eigenvalue weighted by Gasteiger charge is -2.17. The summed E-state index contributed by atoms with van der Waals surface area (Å²) >= 11 is 0. The maximum Gasteiger partial charge on any atom is 0.260 e. The summed E-state index contributed by atoms with van der Waals surface area (Å²) in [5.41, 5.74) is 4.98. The Kier molecular flexibility index (Phi) is 3.66. The molecule has 0 fully saturated rings. The summed E-state index contributed by atoms with van der Waals surface area (Å²) in [5, 5.41) is -0.0342. The fourth-order valence-corrected chi connectivity index (χ4v) is 2.59. The second-order valence-electron chi connectivity index (χ2n) is 3.23. The minimum Gasteiger partial charge on any atom is -0.369 e. The fourth-order valence-electron chi connectivity index (χ4n) is 1.21. The van der Waals surface area contributed by atoms with Gasteiger partial charge in [-0.2, -0.15) is 4.31 Å². The fraction of sp³-hybridized carbons (Fsp3) is 0.500. The lowest BCUT2D eigenvalue weighted by atomic mass is 10.6. The van der Waals surface area contributed by atoms with Gasteiger partial charge in [0.25, 0.3) is 10.0 Å². The molecule has 0 saturated heterocycles. The predicted molar refractivity (Wildman–Crippen MR) is 57.0 cm³/mol. The molecule has 0 radical (unpaired) electrons. The number of aromatic nitrogens is 2. The lowest BCUT2D eigenvalue weighted by Crippen LogP contribution is -2.38. The molecule has 8 heteroatoms. The van der Waals surface area contributed by atoms with E-state index in [1.807, 2.05) is 0 Å². The van der Waals surface area contributed by atoms with E-state index >= 15 is 0 Å². The van der Waals surface area contributed by atoms with Gasteiger partial charge in [-0.1, -0.05) is 6.92 Å². The summed E-state index contributed by atoms with van der Waals surface area (Å²) in [7, 11) is -3.71. The number of hydrogen-bond donors (Lipinski definition) is 2. The second-order valence-corrected chi connectivity index (χ2v) is 5.14. The van der Waals surface area contributed by atoms with Crippen molar-refractivity contribution < 1.29 is 13.2 Å². The largest absolute Gasteiger partial charge is 0.369 e. The highest BCUT2D eigenvalue weighted by Gasteiger charge is 2.25. The van der Waals surface area contributed by atoms with Crippen LogP contribution in [0.25, 0.3) is 0 Å². The molecule has 0 unspecified atom stereocenters. The summed E-state index contributed by atoms with van der Waals surface area (Å²) in [6.07, 6.45) is 1.22. The Labute approximate surface area is 93.7 Å². The van der Waals surface area contributed by atoms with Gasteiger partial charge in [0.05, 0.1) is 12.7 Å². The number of hydrogen-bond acceptors (Lipinski definition) is 4. The van der Waals surface area contributed by atoms with E-state index < -0.39 is 15.9 Å². The van der Waals surface area contributed by atoms with E-state index in [1.165, 1.54) is 6.20 Å². The number of primary amides is 1. The van der Waals surface area contributed by atoms with E-state index in [1.54, 1.807) is 13.8 Å². The van der Waals surface area contributed by atoms with Crippen LogP contribution in [0.15, 0.2) is 11.2 Å². The maximum absolute atomic E-state index is 12.0. The quantitative estimate of drug-likeness (QED) is 0.709. The zero-order valence-electron chi connectivity index (χ0n) is 9.10. The number of imidazole rings is 1. The van der Waals surface area contributed by atoms with Gasteiger partial charge in [-0.25, -0.2) is 13.4 Å². The first-order chi connectivity index (χ1) is 7.37. The van der Waals surface area contributed by atoms with Crippen molar-refractivity contribution >= 4 is 15.9 Å². The number of nitrogens with one attached hydrogen (secondary N) is 1. The molecule has 16 heavy (non-hydrogen) atoms. The zero-order chi connectivity index (χ0) is 12.3. The van der Waals surface area contributed by atoms with Crippen molar-refractivity contribution in [3.8, 4) is 0 Å². The van der Waals surface area contributed by atoms with Gasteiger partial charge in [-0.3, -0.25) is 4.79 Å². The topological polar surface area (TPSA) is 109 Å². The molecule has 1 rings (SSSR count). The Morgan fingerprint density at radius 2 is 2.25 bits per heavy atom. The number of carbonyl (C=O) groups excluding carboxylic acids is 1. The zero-order valence-corrected chi connectivity index (χ0v) is 9.91. The van der Waals surface area contributed by atoms with E-state index in [9.17, 15) is 13.2 Å². The number of rotatable bonds is 5. The molecule has 7 nitrogen and oxygen atoms in total. The molecule has 1 aromatic rings. The minimum atomic E-state index is -3.71. The number of carbonyl (C=O) groups is 1. The first kappa shape index (κ1) is 12.7. The van der Waals surface area contributed by atoms with Crippen LogP contribution in [0, 0.1) is 6.92 Å². The number of H-pyrrole nitrogens is 1. The molecule has 0 spiro atoms. The minimum absolute atomic E-state index is 0.0342. The van der Waals surface area contributed by atoms with Crippen molar-refractivity contribution in [3.05, 3.63) is 12.0 Å². The van der Waals surface area contributed by atoms with Gasteiger partial charge in [0, 0.05) is 6.54 Å². The average Bonchev–Trinajstić information content (AvgIpc) is 2.61. The summed E-state index contributed by atoms with van der Waals surface area (Å²) < 4.78 is 24.9. The number of aryl methyl sites for hydroxylation is 1. The van der Waals surface area contributed by atoms with Crippen LogP contribution in [0.3, 0.4) is 0 Å². The third-order valence-corrected chi connectivity index (χ3v) is 3.81. The molecule has 0 atom stereocenters. The standard InChI is InChI=1S/C8H14N4O3S/c1-3-12(5-7(9)13)16(14,15)8-4-10-6(2)11-8/h4H,3,5H2,1-2H3,(H2,9,13)(H,10,11). The van der Waals surface area contributed by atoms with Crippen molar-refractivity contribution in [1.82, 2.24) is 14.3 Å². The highest BCUT2D eigenvalue weighted by molar-refractivity contribution is 7.89. The number of nitrogens with zero attached hydrogens (tertiary/aromatic N) is 2. The van der Waals surface area contributed by atoms with Crippen molar-refractivity contribution in [2.24, 2.45) is 5.73 Å². The summed E-state index contributed by atoms with van der Waals surface area (Å²) in [4.78, 5) is 17.2. The van der Waals surface area contributed by atoms with Crippen molar-refractivity contribution in [3.63, 3.8) is 0 Å². The Balaban J connectivity index is 3.04. The molecule has 0 aliphatic carbocycles. The highest BCUT2D eigenvalue weighted by Crippen LogP contribution is 2.12. The third-order valence-electron chi connectivity index (χ3n) is 1.98. The van der Waals surface area contributed by atoms with Gasteiger partial charge in [0.2, 0.25) is 5.91 Å². The Morgan fingerprint density at radius 3 is 2.62 bits per heavy atom. The summed E-state index contributed by atoms with van der Waals surface area (Å²) in [6.45, 7) is 3.10. The molecular formula is C8H14N4O3S. The first-order valence-electron chi connectivity index (χ1n) is 4.68. The second kappa shape index (κ2) is 4.62. The van der Waals surface area contributed by atoms with E-state index in [0.29, 0.717) is 5.82 Å². The van der Waals surface area contributed by atoms with Gasteiger partial charge in [0.15, 0.2) is 5.03 Å². The molecule has 0 saturated carbocycles. The van der Waals surface area contributed by atoms with Crippen LogP contribution in [0.2, 0.25) is 0 Å². The van der Waals surface area contributed by atoms with Crippen LogP contribution in [0.4, 0.5) is 0 Å². The Bertz CT molecular complexity index is 479. The van der Waals surface area contributed by atoms with E-state index in [-0.39, 0.29) is 18.1 Å². The number of aromatic amines is 1. The van der Waals surface area contributed by atoms with Crippen LogP contribution in [-0.2, 0) is 14.8 Å². The van der Waals surface area contributed by atoms with E-state index in [4.69, 9.17) is 5.73 Å². The van der Waals surface area contributed by atoms with Gasteiger partial charge in [-0.15, -0.1) is 0 Å². The predicted octanol–water partition coefficient (Wildman–Crippen LogP) is -0.786. The monoisotopic (exact) mass is 246 g/mol. The molecule has 90 valence electrons. The van der Waals surface area contributed by atoms with Crippen LogP contribution in [0.5, 0.6) is 0 Å². The molecule has 1 amide bonds. The van der Waals surface area contributed by atoms with Crippen molar-refractivity contribution in [1.29, 1.82) is 0 Å². The normalized spacial score (nSPS) is 11.9. The third kappa shape index (κ3) is 2.58. The molecule has 0 aromatic carbocycles. The smallest absolute Gasteiger partial charge is 0.260 e. The molecule has 0 aliphatic rings. The first-order valence-corrected chi connectivity index (χ1v) is 6.12. The van der Waals surface area contributed by atoms with Crippen LogP contribution in [-0.4, -0.2) is 41.7 Å². The van der Waals surface area contributed by atoms with Gasteiger partial charge < -0.3 is 10.7 Å². The molecule has 0 aliphatic heterocycles. The molecule has 1 heterocycles. The van der Waals surface area contributed by atoms with Crippen LogP contribution in [0.1, 0.15) is 12.7 Å². The Hall–Kier alpha value is -1.41. The number of likely N-dealkylation sites (N-methyl/N-ethyl adjacent to an activating group) is 1. The molecule has 3 N–H and O–H groups in total. The van der Waals surface area contributed by atoms with E-state index in [0.717, 1.165) is 4.31 Å². The molecule has 1 aromatic heterocycles. The van der Waals surface area contributed by atoms with Crippen LogP contribution < -0.4 is 5.73 Å². The Morgan fingerprint density at radius 1 is 1.62 bits per heavy atom. The average molecular weight is 246 g/mol. The van der Waals surface area contributed by atoms with Gasteiger partial charge >= 0.3 is 0 Å². The summed E-state index contributed by atoms with van der Waals surface area (Å²) in [6, 6.07) is 0. The number of sulfonamides is 1. The van der Waals surface area contributed by atoms with E-state index in [2.05, 4.69) is 9.97 Å². The number of nitrogens with two attached hydrogens (primary N) is 1. The van der Waals surface area contributed by atoms with Crippen LogP contribution >= 0.6 is 0 Å². The van der Waals surface area contributed by atoms with Gasteiger partial charge in [-0.05, 0) is 6.92 Å².